The summed E-state index contributed by atoms with van der Waals surface area (Å²) in [5.41, 5.74) is 1.07. The Morgan fingerprint density at radius 1 is 1.36 bits per heavy atom. The number of aromatic nitrogens is 5. The molecule has 9 heteroatoms. The van der Waals surface area contributed by atoms with E-state index in [9.17, 15) is 4.79 Å². The fourth-order valence-electron chi connectivity index (χ4n) is 2.92. The van der Waals surface area contributed by atoms with Crippen molar-refractivity contribution in [2.24, 2.45) is 0 Å². The molecule has 1 saturated heterocycles. The van der Waals surface area contributed by atoms with E-state index in [0.717, 1.165) is 25.0 Å². The van der Waals surface area contributed by atoms with Crippen LogP contribution in [-0.4, -0.2) is 49.8 Å². The van der Waals surface area contributed by atoms with Gasteiger partial charge in [0.15, 0.2) is 5.82 Å². The number of imidazole rings is 1. The highest BCUT2D eigenvalue weighted by atomic mass is 16.5. The van der Waals surface area contributed by atoms with Gasteiger partial charge in [0.25, 0.3) is 11.8 Å². The van der Waals surface area contributed by atoms with Crippen LogP contribution in [0.25, 0.3) is 17.3 Å². The first-order chi connectivity index (χ1) is 13.6. The maximum absolute atomic E-state index is 12.3. The van der Waals surface area contributed by atoms with Crippen molar-refractivity contribution >= 4 is 5.91 Å². The minimum absolute atomic E-state index is 0.0983. The van der Waals surface area contributed by atoms with E-state index < -0.39 is 0 Å². The van der Waals surface area contributed by atoms with E-state index in [1.54, 1.807) is 23.3 Å². The molecule has 0 spiro atoms. The van der Waals surface area contributed by atoms with Crippen molar-refractivity contribution in [2.75, 3.05) is 13.2 Å². The van der Waals surface area contributed by atoms with Crippen molar-refractivity contribution in [3.8, 4) is 17.3 Å². The van der Waals surface area contributed by atoms with E-state index in [2.05, 4.69) is 25.4 Å². The molecule has 28 heavy (non-hydrogen) atoms. The van der Waals surface area contributed by atoms with E-state index in [0.29, 0.717) is 29.8 Å². The van der Waals surface area contributed by atoms with E-state index in [-0.39, 0.29) is 17.9 Å². The van der Waals surface area contributed by atoms with Crippen molar-refractivity contribution < 1.29 is 14.1 Å². The molecule has 0 radical (unpaired) electrons. The predicted molar refractivity (Wildman–Crippen MR) is 100 cm³/mol. The van der Waals surface area contributed by atoms with Gasteiger partial charge < -0.3 is 14.6 Å². The third-order valence-corrected chi connectivity index (χ3v) is 4.55. The van der Waals surface area contributed by atoms with Gasteiger partial charge in [0.2, 0.25) is 0 Å². The molecule has 4 rings (SSSR count). The molecule has 3 aromatic rings. The topological polar surface area (TPSA) is 108 Å². The number of ether oxygens (including phenoxy) is 1. The second-order valence-corrected chi connectivity index (χ2v) is 7.03. The molecule has 1 aliphatic heterocycles. The Morgan fingerprint density at radius 2 is 2.25 bits per heavy atom. The Kier molecular flexibility index (Phi) is 5.16. The summed E-state index contributed by atoms with van der Waals surface area (Å²) in [5, 5.41) is 6.82. The van der Waals surface area contributed by atoms with Gasteiger partial charge in [0.05, 0.1) is 11.7 Å². The lowest BCUT2D eigenvalue weighted by molar-refractivity contribution is 0.0854. The number of hydrogen-bond donors (Lipinski definition) is 1. The molecule has 1 aliphatic rings. The SMILES string of the molecule is CC(C)c1noc(-c2ccc(-n3cnc(C(=O)NC[C@H]4CCCO4)c3)nc2)n1. The number of carbonyl (C=O) groups excluding carboxylic acids is 1. The standard InChI is InChI=1S/C19H22N6O3/c1-12(2)17-23-19(28-24-17)13-5-6-16(20-8-13)25-10-15(22-11-25)18(26)21-9-14-4-3-7-27-14/h5-6,8,10-12,14H,3-4,7,9H2,1-2H3,(H,21,26)/t14-/m1/s1. The van der Waals surface area contributed by atoms with Gasteiger partial charge in [-0.1, -0.05) is 19.0 Å². The summed E-state index contributed by atoms with van der Waals surface area (Å²) in [6, 6.07) is 3.65. The van der Waals surface area contributed by atoms with Crippen LogP contribution in [-0.2, 0) is 4.74 Å². The van der Waals surface area contributed by atoms with Crippen molar-refractivity contribution in [3.63, 3.8) is 0 Å². The molecular formula is C19H22N6O3. The van der Waals surface area contributed by atoms with Crippen LogP contribution in [0.2, 0.25) is 0 Å². The summed E-state index contributed by atoms with van der Waals surface area (Å²) in [4.78, 5) is 25.2. The Bertz CT molecular complexity index is 941. The first-order valence-corrected chi connectivity index (χ1v) is 9.34. The molecule has 0 bridgehead atoms. The van der Waals surface area contributed by atoms with Gasteiger partial charge in [-0.05, 0) is 25.0 Å². The van der Waals surface area contributed by atoms with Crippen LogP contribution in [0.1, 0.15) is 48.9 Å². The fourth-order valence-corrected chi connectivity index (χ4v) is 2.92. The van der Waals surface area contributed by atoms with Crippen LogP contribution in [0.3, 0.4) is 0 Å². The average molecular weight is 382 g/mol. The van der Waals surface area contributed by atoms with Crippen molar-refractivity contribution in [1.29, 1.82) is 0 Å². The molecule has 3 aromatic heterocycles. The number of amides is 1. The number of rotatable bonds is 6. The van der Waals surface area contributed by atoms with Gasteiger partial charge in [-0.25, -0.2) is 9.97 Å². The largest absolute Gasteiger partial charge is 0.376 e. The molecule has 0 unspecified atom stereocenters. The number of carbonyl (C=O) groups is 1. The molecule has 0 aliphatic carbocycles. The van der Waals surface area contributed by atoms with Crippen LogP contribution in [0.4, 0.5) is 0 Å². The molecule has 146 valence electrons. The lowest BCUT2D eigenvalue weighted by Gasteiger charge is -2.09. The summed E-state index contributed by atoms with van der Waals surface area (Å²) < 4.78 is 12.5. The first kappa shape index (κ1) is 18.3. The minimum atomic E-state index is -0.224. The molecule has 0 aromatic carbocycles. The maximum atomic E-state index is 12.3. The average Bonchev–Trinajstić information content (AvgIpc) is 3.48. The van der Waals surface area contributed by atoms with Gasteiger partial charge >= 0.3 is 0 Å². The van der Waals surface area contributed by atoms with Crippen LogP contribution in [0, 0.1) is 0 Å². The van der Waals surface area contributed by atoms with Crippen LogP contribution < -0.4 is 5.32 Å². The number of nitrogens with zero attached hydrogens (tertiary/aromatic N) is 5. The first-order valence-electron chi connectivity index (χ1n) is 9.34. The van der Waals surface area contributed by atoms with Crippen LogP contribution in [0.5, 0.6) is 0 Å². The number of pyridine rings is 1. The zero-order valence-electron chi connectivity index (χ0n) is 15.8. The third kappa shape index (κ3) is 3.94. The summed E-state index contributed by atoms with van der Waals surface area (Å²) in [6.07, 6.45) is 6.98. The molecule has 0 saturated carbocycles. The third-order valence-electron chi connectivity index (χ3n) is 4.55. The molecule has 1 atom stereocenters. The summed E-state index contributed by atoms with van der Waals surface area (Å²) in [7, 11) is 0. The second kappa shape index (κ2) is 7.89. The van der Waals surface area contributed by atoms with Crippen LogP contribution >= 0.6 is 0 Å². The quantitative estimate of drug-likeness (QED) is 0.697. The van der Waals surface area contributed by atoms with E-state index in [4.69, 9.17) is 9.26 Å². The van der Waals surface area contributed by atoms with Gasteiger partial charge in [-0.2, -0.15) is 4.98 Å². The number of hydrogen-bond acceptors (Lipinski definition) is 7. The van der Waals surface area contributed by atoms with E-state index in [1.165, 1.54) is 0 Å². The number of nitrogens with one attached hydrogen (secondary N) is 1. The monoisotopic (exact) mass is 382 g/mol. The molecule has 1 N–H and O–H groups in total. The fraction of sp³-hybridized carbons (Fsp3) is 0.421. The van der Waals surface area contributed by atoms with Crippen molar-refractivity contribution in [1.82, 2.24) is 30.0 Å². The summed E-state index contributed by atoms with van der Waals surface area (Å²) >= 11 is 0. The predicted octanol–water partition coefficient (Wildman–Crippen LogP) is 2.35. The molecular weight excluding hydrogens is 360 g/mol. The normalized spacial score (nSPS) is 16.6. The molecule has 1 fully saturated rings. The van der Waals surface area contributed by atoms with Crippen molar-refractivity contribution in [3.05, 3.63) is 42.4 Å². The lowest BCUT2D eigenvalue weighted by Crippen LogP contribution is -2.31. The molecule has 9 nitrogen and oxygen atoms in total. The highest BCUT2D eigenvalue weighted by Gasteiger charge is 2.18. The zero-order chi connectivity index (χ0) is 19.5. The van der Waals surface area contributed by atoms with Gasteiger partial charge in [-0.3, -0.25) is 9.36 Å². The van der Waals surface area contributed by atoms with Crippen molar-refractivity contribution in [2.45, 2.75) is 38.7 Å². The lowest BCUT2D eigenvalue weighted by atomic mass is 10.2. The van der Waals surface area contributed by atoms with Gasteiger partial charge in [-0.15, -0.1) is 0 Å². The van der Waals surface area contributed by atoms with Gasteiger partial charge in [0.1, 0.15) is 17.8 Å². The van der Waals surface area contributed by atoms with E-state index >= 15 is 0 Å². The highest BCUT2D eigenvalue weighted by molar-refractivity contribution is 5.92. The summed E-state index contributed by atoms with van der Waals surface area (Å²) in [5.74, 6) is 1.70. The Balaban J connectivity index is 1.42. The Labute approximate surface area is 162 Å². The van der Waals surface area contributed by atoms with Gasteiger partial charge in [0, 0.05) is 31.5 Å². The second-order valence-electron chi connectivity index (χ2n) is 7.03. The molecule has 4 heterocycles. The zero-order valence-corrected chi connectivity index (χ0v) is 15.8. The van der Waals surface area contributed by atoms with E-state index in [1.807, 2.05) is 26.0 Å². The Morgan fingerprint density at radius 3 is 2.93 bits per heavy atom. The minimum Gasteiger partial charge on any atom is -0.376 e. The van der Waals surface area contributed by atoms with Crippen LogP contribution in [0.15, 0.2) is 35.4 Å². The smallest absolute Gasteiger partial charge is 0.271 e. The maximum Gasteiger partial charge on any atom is 0.271 e. The summed E-state index contributed by atoms with van der Waals surface area (Å²) in [6.45, 7) is 5.27. The highest BCUT2D eigenvalue weighted by Crippen LogP contribution is 2.20. The molecule has 1 amide bonds. The Hall–Kier alpha value is -3.07.